The van der Waals surface area contributed by atoms with Crippen LogP contribution in [0.3, 0.4) is 0 Å². The van der Waals surface area contributed by atoms with Crippen molar-refractivity contribution >= 4 is 33.4 Å². The van der Waals surface area contributed by atoms with Gasteiger partial charge in [-0.15, -0.1) is 0 Å². The number of rotatable bonds is 2. The predicted molar refractivity (Wildman–Crippen MR) is 98.3 cm³/mol. The third kappa shape index (κ3) is 5.11. The lowest BCUT2D eigenvalue weighted by Gasteiger charge is -2.40. The van der Waals surface area contributed by atoms with Crippen molar-refractivity contribution in [2.75, 3.05) is 36.9 Å². The maximum absolute atomic E-state index is 12.1. The van der Waals surface area contributed by atoms with E-state index in [4.69, 9.17) is 4.74 Å². The van der Waals surface area contributed by atoms with Crippen LogP contribution in [-0.4, -0.2) is 49.3 Å². The average molecular weight is 384 g/mol. The SMILES string of the molecule is CC1CN(C)CCN1c1ccc(Br)cc1NC(=O)OC(C)(C)C. The van der Waals surface area contributed by atoms with Crippen LogP contribution in [-0.2, 0) is 4.74 Å². The van der Waals surface area contributed by atoms with E-state index in [-0.39, 0.29) is 0 Å². The van der Waals surface area contributed by atoms with Gasteiger partial charge in [-0.3, -0.25) is 5.32 Å². The molecule has 0 saturated carbocycles. The number of benzene rings is 1. The number of ether oxygens (including phenoxy) is 1. The molecule has 2 rings (SSSR count). The number of hydrogen-bond donors (Lipinski definition) is 1. The molecule has 0 spiro atoms. The first-order valence-corrected chi connectivity index (χ1v) is 8.70. The van der Waals surface area contributed by atoms with Crippen LogP contribution in [0.5, 0.6) is 0 Å². The Labute approximate surface area is 147 Å². The van der Waals surface area contributed by atoms with Gasteiger partial charge >= 0.3 is 6.09 Å². The van der Waals surface area contributed by atoms with E-state index in [0.717, 1.165) is 35.5 Å². The van der Waals surface area contributed by atoms with Gasteiger partial charge < -0.3 is 14.5 Å². The summed E-state index contributed by atoms with van der Waals surface area (Å²) < 4.78 is 6.30. The van der Waals surface area contributed by atoms with Crippen LogP contribution in [0.15, 0.2) is 22.7 Å². The van der Waals surface area contributed by atoms with Gasteiger partial charge in [-0.05, 0) is 52.9 Å². The Kier molecular flexibility index (Phi) is 5.57. The highest BCUT2D eigenvalue weighted by atomic mass is 79.9. The molecule has 23 heavy (non-hydrogen) atoms. The van der Waals surface area contributed by atoms with Crippen molar-refractivity contribution < 1.29 is 9.53 Å². The van der Waals surface area contributed by atoms with Crippen molar-refractivity contribution in [1.82, 2.24) is 4.90 Å². The van der Waals surface area contributed by atoms with E-state index in [1.165, 1.54) is 0 Å². The first-order valence-electron chi connectivity index (χ1n) is 7.90. The van der Waals surface area contributed by atoms with Crippen molar-refractivity contribution in [2.24, 2.45) is 0 Å². The summed E-state index contributed by atoms with van der Waals surface area (Å²) in [6, 6.07) is 6.35. The Morgan fingerprint density at radius 2 is 2.04 bits per heavy atom. The summed E-state index contributed by atoms with van der Waals surface area (Å²) in [6.07, 6.45) is -0.432. The number of amides is 1. The zero-order valence-electron chi connectivity index (χ0n) is 14.5. The summed E-state index contributed by atoms with van der Waals surface area (Å²) in [5, 5.41) is 2.89. The number of nitrogens with zero attached hydrogens (tertiary/aromatic N) is 2. The Morgan fingerprint density at radius 3 is 2.65 bits per heavy atom. The topological polar surface area (TPSA) is 44.8 Å². The van der Waals surface area contributed by atoms with Crippen LogP contribution in [0.4, 0.5) is 16.2 Å². The van der Waals surface area contributed by atoms with E-state index in [9.17, 15) is 4.79 Å². The number of hydrogen-bond acceptors (Lipinski definition) is 4. The van der Waals surface area contributed by atoms with E-state index in [2.05, 4.69) is 45.0 Å². The smallest absolute Gasteiger partial charge is 0.412 e. The zero-order valence-corrected chi connectivity index (χ0v) is 16.1. The van der Waals surface area contributed by atoms with Crippen LogP contribution in [0, 0.1) is 0 Å². The van der Waals surface area contributed by atoms with Crippen molar-refractivity contribution in [3.8, 4) is 0 Å². The van der Waals surface area contributed by atoms with Crippen molar-refractivity contribution in [2.45, 2.75) is 39.3 Å². The molecule has 128 valence electrons. The highest BCUT2D eigenvalue weighted by molar-refractivity contribution is 9.10. The van der Waals surface area contributed by atoms with Crippen LogP contribution in [0.25, 0.3) is 0 Å². The number of piperazine rings is 1. The van der Waals surface area contributed by atoms with Gasteiger partial charge in [0.15, 0.2) is 0 Å². The van der Waals surface area contributed by atoms with Crippen molar-refractivity contribution in [3.05, 3.63) is 22.7 Å². The molecular weight excluding hydrogens is 358 g/mol. The third-order valence-electron chi connectivity index (χ3n) is 3.73. The number of likely N-dealkylation sites (N-methyl/N-ethyl adjacent to an activating group) is 1. The molecule has 1 aromatic carbocycles. The lowest BCUT2D eigenvalue weighted by atomic mass is 10.1. The number of carbonyl (C=O) groups is 1. The molecule has 0 radical (unpaired) electrons. The van der Waals surface area contributed by atoms with Gasteiger partial charge in [-0.1, -0.05) is 15.9 Å². The monoisotopic (exact) mass is 383 g/mol. The van der Waals surface area contributed by atoms with Gasteiger partial charge in [-0.25, -0.2) is 4.79 Å². The first kappa shape index (κ1) is 18.1. The number of anilines is 2. The predicted octanol–water partition coefficient (Wildman–Crippen LogP) is 3.94. The molecule has 1 heterocycles. The molecular formula is C17H26BrN3O2. The molecule has 1 amide bonds. The minimum absolute atomic E-state index is 0.383. The van der Waals surface area contributed by atoms with E-state index >= 15 is 0 Å². The molecule has 1 saturated heterocycles. The van der Waals surface area contributed by atoms with Gasteiger partial charge in [0.1, 0.15) is 5.60 Å². The molecule has 1 atom stereocenters. The van der Waals surface area contributed by atoms with Gasteiger partial charge in [-0.2, -0.15) is 0 Å². The molecule has 0 aromatic heterocycles. The second kappa shape index (κ2) is 7.09. The molecule has 5 nitrogen and oxygen atoms in total. The van der Waals surface area contributed by atoms with Crippen molar-refractivity contribution in [1.29, 1.82) is 0 Å². The largest absolute Gasteiger partial charge is 0.444 e. The minimum Gasteiger partial charge on any atom is -0.444 e. The molecule has 1 fully saturated rings. The van der Waals surface area contributed by atoms with E-state index in [1.54, 1.807) is 0 Å². The van der Waals surface area contributed by atoms with E-state index < -0.39 is 11.7 Å². The minimum atomic E-state index is -0.516. The normalized spacial score (nSPS) is 19.6. The van der Waals surface area contributed by atoms with Crippen molar-refractivity contribution in [3.63, 3.8) is 0 Å². The summed E-state index contributed by atoms with van der Waals surface area (Å²) in [4.78, 5) is 16.8. The molecule has 1 aromatic rings. The maximum atomic E-state index is 12.1. The fraction of sp³-hybridized carbons (Fsp3) is 0.588. The second-order valence-electron chi connectivity index (χ2n) is 7.09. The standard InChI is InChI=1S/C17H26BrN3O2/c1-12-11-20(5)8-9-21(12)15-7-6-13(18)10-14(15)19-16(22)23-17(2,3)4/h6-7,10,12H,8-9,11H2,1-5H3,(H,19,22). The fourth-order valence-electron chi connectivity index (χ4n) is 2.77. The quantitative estimate of drug-likeness (QED) is 0.839. The van der Waals surface area contributed by atoms with E-state index in [0.29, 0.717) is 6.04 Å². The molecule has 1 aliphatic rings. The maximum Gasteiger partial charge on any atom is 0.412 e. The molecule has 0 aliphatic carbocycles. The highest BCUT2D eigenvalue weighted by Gasteiger charge is 2.25. The summed E-state index contributed by atoms with van der Waals surface area (Å²) in [5.41, 5.74) is 1.28. The Bertz CT molecular complexity index is 571. The Hall–Kier alpha value is -1.27. The van der Waals surface area contributed by atoms with Gasteiger partial charge in [0.25, 0.3) is 0 Å². The molecule has 1 unspecified atom stereocenters. The van der Waals surface area contributed by atoms with Gasteiger partial charge in [0.2, 0.25) is 0 Å². The number of nitrogens with one attached hydrogen (secondary N) is 1. The molecule has 1 N–H and O–H groups in total. The second-order valence-corrected chi connectivity index (χ2v) is 8.01. The summed E-state index contributed by atoms with van der Waals surface area (Å²) in [6.45, 7) is 10.7. The van der Waals surface area contributed by atoms with Crippen LogP contribution < -0.4 is 10.2 Å². The average Bonchev–Trinajstić information content (AvgIpc) is 2.37. The van der Waals surface area contributed by atoms with E-state index in [1.807, 2.05) is 39.0 Å². The number of halogens is 1. The van der Waals surface area contributed by atoms with Crippen LogP contribution in [0.2, 0.25) is 0 Å². The fourth-order valence-corrected chi connectivity index (χ4v) is 3.13. The Balaban J connectivity index is 2.22. The van der Waals surface area contributed by atoms with Crippen LogP contribution >= 0.6 is 15.9 Å². The molecule has 1 aliphatic heterocycles. The molecule has 6 heteroatoms. The number of carbonyl (C=O) groups excluding carboxylic acids is 1. The summed E-state index contributed by atoms with van der Waals surface area (Å²) in [5.74, 6) is 0. The lowest BCUT2D eigenvalue weighted by molar-refractivity contribution is 0.0636. The third-order valence-corrected chi connectivity index (χ3v) is 4.23. The van der Waals surface area contributed by atoms with Crippen LogP contribution in [0.1, 0.15) is 27.7 Å². The zero-order chi connectivity index (χ0) is 17.2. The highest BCUT2D eigenvalue weighted by Crippen LogP contribution is 2.32. The Morgan fingerprint density at radius 1 is 1.35 bits per heavy atom. The summed E-state index contributed by atoms with van der Waals surface area (Å²) >= 11 is 3.48. The van der Waals surface area contributed by atoms with Gasteiger partial charge in [0.05, 0.1) is 11.4 Å². The lowest BCUT2D eigenvalue weighted by Crippen LogP contribution is -2.50. The first-order chi connectivity index (χ1) is 10.7. The summed E-state index contributed by atoms with van der Waals surface area (Å²) in [7, 11) is 2.13. The van der Waals surface area contributed by atoms with Gasteiger partial charge in [0, 0.05) is 30.1 Å². The molecule has 0 bridgehead atoms.